The normalized spacial score (nSPS) is 12.2. The number of halogens is 2. The van der Waals surface area contributed by atoms with Gasteiger partial charge in [0.15, 0.2) is 0 Å². The predicted octanol–water partition coefficient (Wildman–Crippen LogP) is 3.23. The minimum atomic E-state index is -0.990. The molecule has 0 spiro atoms. The van der Waals surface area contributed by atoms with Crippen molar-refractivity contribution in [3.05, 3.63) is 40.4 Å². The Hall–Kier alpha value is -0.610. The number of rotatable bonds is 2. The van der Waals surface area contributed by atoms with Crippen LogP contribution in [0.25, 0.3) is 4.48 Å². The molecule has 68 valence electrons. The molecule has 1 aromatic carbocycles. The van der Waals surface area contributed by atoms with E-state index < -0.39 is 5.97 Å². The molecule has 0 heterocycles. The van der Waals surface area contributed by atoms with Crippen LogP contribution in [-0.4, -0.2) is 11.1 Å². The van der Waals surface area contributed by atoms with Crippen molar-refractivity contribution in [2.75, 3.05) is 0 Å². The zero-order valence-corrected chi connectivity index (χ0v) is 9.67. The second-order valence-corrected chi connectivity index (χ2v) is 3.89. The maximum Gasteiger partial charge on any atom is 0.343 e. The standard InChI is InChI=1S/C9H6Br2O2/c10-7(8(11)9(12)13)6-4-2-1-3-5-6/h1-5H,(H,12,13)/b8-7-. The summed E-state index contributed by atoms with van der Waals surface area (Å²) in [5, 5.41) is 8.68. The van der Waals surface area contributed by atoms with Gasteiger partial charge in [-0.25, -0.2) is 4.79 Å². The van der Waals surface area contributed by atoms with Crippen molar-refractivity contribution in [2.24, 2.45) is 0 Å². The van der Waals surface area contributed by atoms with E-state index in [4.69, 9.17) is 5.11 Å². The van der Waals surface area contributed by atoms with Crippen LogP contribution in [-0.2, 0) is 4.79 Å². The maximum absolute atomic E-state index is 10.6. The van der Waals surface area contributed by atoms with E-state index in [0.717, 1.165) is 5.56 Å². The molecule has 1 aromatic rings. The smallest absolute Gasteiger partial charge is 0.343 e. The first-order valence-electron chi connectivity index (χ1n) is 3.47. The van der Waals surface area contributed by atoms with Crippen LogP contribution in [0.15, 0.2) is 34.8 Å². The van der Waals surface area contributed by atoms with Crippen molar-refractivity contribution >= 4 is 42.3 Å². The first-order chi connectivity index (χ1) is 6.13. The van der Waals surface area contributed by atoms with Gasteiger partial charge >= 0.3 is 5.97 Å². The quantitative estimate of drug-likeness (QED) is 0.852. The van der Waals surface area contributed by atoms with Gasteiger partial charge in [-0.05, 0) is 37.4 Å². The third-order valence-electron chi connectivity index (χ3n) is 1.41. The maximum atomic E-state index is 10.6. The minimum absolute atomic E-state index is 0.124. The molecule has 0 aromatic heterocycles. The van der Waals surface area contributed by atoms with Crippen LogP contribution in [0.2, 0.25) is 0 Å². The van der Waals surface area contributed by atoms with Gasteiger partial charge in [0.1, 0.15) is 4.48 Å². The Kier molecular flexibility index (Phi) is 3.69. The summed E-state index contributed by atoms with van der Waals surface area (Å²) in [5.41, 5.74) is 0.830. The molecule has 0 bridgehead atoms. The van der Waals surface area contributed by atoms with Gasteiger partial charge in [-0.15, -0.1) is 0 Å². The molecule has 0 unspecified atom stereocenters. The summed E-state index contributed by atoms with van der Waals surface area (Å²) in [6.07, 6.45) is 0. The Labute approximate surface area is 92.5 Å². The van der Waals surface area contributed by atoms with E-state index in [-0.39, 0.29) is 4.48 Å². The van der Waals surface area contributed by atoms with Gasteiger partial charge in [0.2, 0.25) is 0 Å². The van der Waals surface area contributed by atoms with Crippen LogP contribution < -0.4 is 0 Å². The molecule has 0 aliphatic heterocycles. The highest BCUT2D eigenvalue weighted by atomic mass is 79.9. The SMILES string of the molecule is O=C(O)/C(Br)=C(/Br)c1ccccc1. The summed E-state index contributed by atoms with van der Waals surface area (Å²) in [7, 11) is 0. The van der Waals surface area contributed by atoms with Crippen molar-refractivity contribution in [1.29, 1.82) is 0 Å². The minimum Gasteiger partial charge on any atom is -0.477 e. The molecule has 4 heteroatoms. The van der Waals surface area contributed by atoms with Gasteiger partial charge in [-0.3, -0.25) is 0 Å². The first-order valence-corrected chi connectivity index (χ1v) is 5.05. The number of benzene rings is 1. The molecule has 2 nitrogen and oxygen atoms in total. The summed E-state index contributed by atoms with van der Waals surface area (Å²) in [4.78, 5) is 10.6. The fraction of sp³-hybridized carbons (Fsp3) is 0. The number of carboxylic acid groups (broad SMARTS) is 1. The average molecular weight is 306 g/mol. The molecule has 0 saturated heterocycles. The monoisotopic (exact) mass is 304 g/mol. The molecular formula is C9H6Br2O2. The third-order valence-corrected chi connectivity index (χ3v) is 3.53. The van der Waals surface area contributed by atoms with E-state index in [9.17, 15) is 4.79 Å². The van der Waals surface area contributed by atoms with Crippen molar-refractivity contribution in [3.63, 3.8) is 0 Å². The molecule has 0 aliphatic carbocycles. The molecule has 1 rings (SSSR count). The average Bonchev–Trinajstić information content (AvgIpc) is 2.17. The lowest BCUT2D eigenvalue weighted by molar-refractivity contribution is -0.131. The Morgan fingerprint density at radius 3 is 2.15 bits per heavy atom. The van der Waals surface area contributed by atoms with Gasteiger partial charge in [-0.2, -0.15) is 0 Å². The lowest BCUT2D eigenvalue weighted by Crippen LogP contribution is -1.94. The third kappa shape index (κ3) is 2.67. The lowest BCUT2D eigenvalue weighted by atomic mass is 10.2. The molecule has 0 saturated carbocycles. The van der Waals surface area contributed by atoms with Crippen LogP contribution in [0, 0.1) is 0 Å². The summed E-state index contributed by atoms with van der Waals surface area (Å²) in [5.74, 6) is -0.990. The molecular weight excluding hydrogens is 300 g/mol. The Bertz CT molecular complexity index is 344. The highest BCUT2D eigenvalue weighted by molar-refractivity contribution is 9.16. The fourth-order valence-electron chi connectivity index (χ4n) is 0.805. The largest absolute Gasteiger partial charge is 0.477 e. The van der Waals surface area contributed by atoms with E-state index in [1.807, 2.05) is 30.3 Å². The summed E-state index contributed by atoms with van der Waals surface area (Å²) in [6, 6.07) is 9.22. The highest BCUT2D eigenvalue weighted by Gasteiger charge is 2.09. The molecule has 1 N–H and O–H groups in total. The Morgan fingerprint density at radius 1 is 1.15 bits per heavy atom. The number of carbonyl (C=O) groups is 1. The molecule has 0 aliphatic rings. The topological polar surface area (TPSA) is 37.3 Å². The van der Waals surface area contributed by atoms with Crippen molar-refractivity contribution in [1.82, 2.24) is 0 Å². The fourth-order valence-corrected chi connectivity index (χ4v) is 1.47. The molecule has 0 atom stereocenters. The van der Waals surface area contributed by atoms with Gasteiger partial charge in [0, 0.05) is 4.48 Å². The van der Waals surface area contributed by atoms with Crippen molar-refractivity contribution < 1.29 is 9.90 Å². The van der Waals surface area contributed by atoms with E-state index >= 15 is 0 Å². The van der Waals surface area contributed by atoms with Crippen LogP contribution in [0.4, 0.5) is 0 Å². The van der Waals surface area contributed by atoms with E-state index in [2.05, 4.69) is 31.9 Å². The number of carboxylic acids is 1. The zero-order valence-electron chi connectivity index (χ0n) is 6.50. The number of aliphatic carboxylic acids is 1. The summed E-state index contributed by atoms with van der Waals surface area (Å²) >= 11 is 6.18. The Balaban J connectivity index is 3.11. The van der Waals surface area contributed by atoms with E-state index in [1.54, 1.807) is 0 Å². The first kappa shape index (κ1) is 10.5. The second-order valence-electron chi connectivity index (χ2n) is 2.30. The van der Waals surface area contributed by atoms with Gasteiger partial charge in [-0.1, -0.05) is 30.3 Å². The zero-order chi connectivity index (χ0) is 9.84. The van der Waals surface area contributed by atoms with Gasteiger partial charge in [0.05, 0.1) is 0 Å². The molecule has 0 fully saturated rings. The van der Waals surface area contributed by atoms with Gasteiger partial charge < -0.3 is 5.11 Å². The van der Waals surface area contributed by atoms with E-state index in [1.165, 1.54) is 0 Å². The lowest BCUT2D eigenvalue weighted by Gasteiger charge is -1.99. The van der Waals surface area contributed by atoms with E-state index in [0.29, 0.717) is 4.48 Å². The van der Waals surface area contributed by atoms with Crippen molar-refractivity contribution in [3.8, 4) is 0 Å². The molecule has 13 heavy (non-hydrogen) atoms. The van der Waals surface area contributed by atoms with Crippen LogP contribution in [0.1, 0.15) is 5.56 Å². The van der Waals surface area contributed by atoms with Crippen LogP contribution in [0.5, 0.6) is 0 Å². The summed E-state index contributed by atoms with van der Waals surface area (Å²) < 4.78 is 0.666. The Morgan fingerprint density at radius 2 is 1.69 bits per heavy atom. The number of hydrogen-bond donors (Lipinski definition) is 1. The van der Waals surface area contributed by atoms with Crippen molar-refractivity contribution in [2.45, 2.75) is 0 Å². The number of hydrogen-bond acceptors (Lipinski definition) is 1. The van der Waals surface area contributed by atoms with Crippen LogP contribution in [0.3, 0.4) is 0 Å². The van der Waals surface area contributed by atoms with Gasteiger partial charge in [0.25, 0.3) is 0 Å². The summed E-state index contributed by atoms with van der Waals surface area (Å²) in [6.45, 7) is 0. The highest BCUT2D eigenvalue weighted by Crippen LogP contribution is 2.28. The van der Waals surface area contributed by atoms with Crippen LogP contribution >= 0.6 is 31.9 Å². The molecule has 0 amide bonds. The second kappa shape index (κ2) is 4.58. The predicted molar refractivity (Wildman–Crippen MR) is 58.9 cm³/mol. The molecule has 0 radical (unpaired) electrons.